The van der Waals surface area contributed by atoms with Crippen molar-refractivity contribution in [2.75, 3.05) is 11.9 Å². The molecule has 1 aliphatic heterocycles. The largest absolute Gasteiger partial charge is 0.325 e. The van der Waals surface area contributed by atoms with Gasteiger partial charge in [0.05, 0.1) is 21.8 Å². The highest BCUT2D eigenvalue weighted by molar-refractivity contribution is 7.16. The molecule has 2 aromatic rings. The van der Waals surface area contributed by atoms with E-state index in [0.29, 0.717) is 0 Å². The zero-order valence-corrected chi connectivity index (χ0v) is 12.0. The van der Waals surface area contributed by atoms with Gasteiger partial charge < -0.3 is 10.6 Å². The zero-order valence-electron chi connectivity index (χ0n) is 10.4. The molecule has 1 aromatic carbocycles. The number of carbonyl (C=O) groups excluding carboxylic acids is 1. The van der Waals surface area contributed by atoms with Crippen LogP contribution < -0.4 is 10.6 Å². The molecule has 4 nitrogen and oxygen atoms in total. The van der Waals surface area contributed by atoms with E-state index in [1.54, 1.807) is 11.3 Å². The third kappa shape index (κ3) is 3.23. The van der Waals surface area contributed by atoms with Crippen LogP contribution in [0.2, 0.25) is 0 Å². The third-order valence-corrected chi connectivity index (χ3v) is 4.03. The SMILES string of the molecule is Cl.O=C(Nc1ccc2scnc2c1)C1CCCCN1. The summed E-state index contributed by atoms with van der Waals surface area (Å²) in [5.41, 5.74) is 3.58. The van der Waals surface area contributed by atoms with E-state index in [0.717, 1.165) is 41.7 Å². The first-order valence-corrected chi connectivity index (χ1v) is 7.08. The highest BCUT2D eigenvalue weighted by Gasteiger charge is 2.20. The van der Waals surface area contributed by atoms with E-state index >= 15 is 0 Å². The fourth-order valence-corrected chi connectivity index (χ4v) is 2.90. The lowest BCUT2D eigenvalue weighted by Crippen LogP contribution is -2.43. The summed E-state index contributed by atoms with van der Waals surface area (Å²) in [6.45, 7) is 0.934. The lowest BCUT2D eigenvalue weighted by atomic mass is 10.0. The molecule has 2 N–H and O–H groups in total. The molecule has 1 amide bonds. The van der Waals surface area contributed by atoms with Crippen molar-refractivity contribution in [2.24, 2.45) is 0 Å². The van der Waals surface area contributed by atoms with Crippen molar-refractivity contribution >= 4 is 45.6 Å². The molecule has 1 aliphatic rings. The van der Waals surface area contributed by atoms with Crippen LogP contribution >= 0.6 is 23.7 Å². The highest BCUT2D eigenvalue weighted by Crippen LogP contribution is 2.21. The minimum absolute atomic E-state index is 0. The monoisotopic (exact) mass is 297 g/mol. The molecule has 0 bridgehead atoms. The minimum atomic E-state index is -0.0510. The van der Waals surface area contributed by atoms with E-state index in [9.17, 15) is 4.79 Å². The molecule has 0 spiro atoms. The number of fused-ring (bicyclic) bond motifs is 1. The second-order valence-electron chi connectivity index (χ2n) is 4.53. The maximum absolute atomic E-state index is 12.1. The van der Waals surface area contributed by atoms with Crippen LogP contribution in [-0.4, -0.2) is 23.5 Å². The average Bonchev–Trinajstić information content (AvgIpc) is 2.87. The Balaban J connectivity index is 0.00000133. The molecular formula is C13H16ClN3OS. The predicted octanol–water partition coefficient (Wildman–Crippen LogP) is 2.80. The number of anilines is 1. The van der Waals surface area contributed by atoms with Gasteiger partial charge in [-0.05, 0) is 37.6 Å². The topological polar surface area (TPSA) is 54.0 Å². The van der Waals surface area contributed by atoms with Gasteiger partial charge in [-0.15, -0.1) is 23.7 Å². The van der Waals surface area contributed by atoms with E-state index in [2.05, 4.69) is 15.6 Å². The summed E-state index contributed by atoms with van der Waals surface area (Å²) in [6.07, 6.45) is 3.20. The Morgan fingerprint density at radius 2 is 2.32 bits per heavy atom. The van der Waals surface area contributed by atoms with E-state index in [1.165, 1.54) is 0 Å². The van der Waals surface area contributed by atoms with Gasteiger partial charge in [0, 0.05) is 5.69 Å². The molecule has 0 saturated carbocycles. The summed E-state index contributed by atoms with van der Waals surface area (Å²) in [5.74, 6) is 0.0595. The second kappa shape index (κ2) is 6.32. The van der Waals surface area contributed by atoms with Crippen LogP contribution in [0.3, 0.4) is 0 Å². The third-order valence-electron chi connectivity index (χ3n) is 3.22. The number of carbonyl (C=O) groups is 1. The Kier molecular flexibility index (Phi) is 4.74. The number of nitrogens with one attached hydrogen (secondary N) is 2. The minimum Gasteiger partial charge on any atom is -0.325 e. The van der Waals surface area contributed by atoms with Crippen LogP contribution in [0.15, 0.2) is 23.7 Å². The summed E-state index contributed by atoms with van der Waals surface area (Å²) in [7, 11) is 0. The Bertz CT molecular complexity index is 566. The fraction of sp³-hybridized carbons (Fsp3) is 0.385. The summed E-state index contributed by atoms with van der Waals surface area (Å²) in [6, 6.07) is 5.80. The van der Waals surface area contributed by atoms with Gasteiger partial charge in [-0.1, -0.05) is 6.42 Å². The van der Waals surface area contributed by atoms with E-state index < -0.39 is 0 Å². The first-order chi connectivity index (χ1) is 8.83. The van der Waals surface area contributed by atoms with Gasteiger partial charge >= 0.3 is 0 Å². The van der Waals surface area contributed by atoms with Crippen molar-refractivity contribution < 1.29 is 4.79 Å². The average molecular weight is 298 g/mol. The Morgan fingerprint density at radius 3 is 3.11 bits per heavy atom. The fourth-order valence-electron chi connectivity index (χ4n) is 2.24. The molecular weight excluding hydrogens is 282 g/mol. The summed E-state index contributed by atoms with van der Waals surface area (Å²) in [5, 5.41) is 6.20. The highest BCUT2D eigenvalue weighted by atomic mass is 35.5. The Morgan fingerprint density at radius 1 is 1.42 bits per heavy atom. The molecule has 1 fully saturated rings. The van der Waals surface area contributed by atoms with Crippen LogP contribution in [0, 0.1) is 0 Å². The van der Waals surface area contributed by atoms with Crippen molar-refractivity contribution in [3.63, 3.8) is 0 Å². The Labute approximate surface area is 122 Å². The van der Waals surface area contributed by atoms with Crippen LogP contribution in [0.5, 0.6) is 0 Å². The number of rotatable bonds is 2. The number of hydrogen-bond donors (Lipinski definition) is 2. The van der Waals surface area contributed by atoms with Crippen molar-refractivity contribution in [3.05, 3.63) is 23.7 Å². The lowest BCUT2D eigenvalue weighted by molar-refractivity contribution is -0.118. The summed E-state index contributed by atoms with van der Waals surface area (Å²) >= 11 is 1.61. The lowest BCUT2D eigenvalue weighted by Gasteiger charge is -2.22. The van der Waals surface area contributed by atoms with Crippen LogP contribution in [0.4, 0.5) is 5.69 Å². The molecule has 0 aliphatic carbocycles. The molecule has 1 aromatic heterocycles. The van der Waals surface area contributed by atoms with Gasteiger partial charge in [-0.2, -0.15) is 0 Å². The number of piperidine rings is 1. The normalized spacial score (nSPS) is 18.8. The molecule has 19 heavy (non-hydrogen) atoms. The number of nitrogens with zero attached hydrogens (tertiary/aromatic N) is 1. The first-order valence-electron chi connectivity index (χ1n) is 6.20. The molecule has 1 atom stereocenters. The van der Waals surface area contributed by atoms with Crippen LogP contribution in [0.25, 0.3) is 10.2 Å². The Hall–Kier alpha value is -1.17. The standard InChI is InChI=1S/C13H15N3OS.ClH/c17-13(10-3-1-2-6-14-10)16-9-4-5-12-11(7-9)15-8-18-12;/h4-5,7-8,10,14H,1-3,6H2,(H,16,17);1H. The van der Waals surface area contributed by atoms with Crippen LogP contribution in [0.1, 0.15) is 19.3 Å². The van der Waals surface area contributed by atoms with Crippen molar-refractivity contribution in [3.8, 4) is 0 Å². The zero-order chi connectivity index (χ0) is 12.4. The molecule has 1 saturated heterocycles. The second-order valence-corrected chi connectivity index (χ2v) is 5.41. The maximum Gasteiger partial charge on any atom is 0.241 e. The molecule has 2 heterocycles. The van der Waals surface area contributed by atoms with E-state index in [4.69, 9.17) is 0 Å². The van der Waals surface area contributed by atoms with Gasteiger partial charge in [-0.25, -0.2) is 4.98 Å². The number of hydrogen-bond acceptors (Lipinski definition) is 4. The van der Waals surface area contributed by atoms with Gasteiger partial charge in [-0.3, -0.25) is 4.79 Å². The number of aromatic nitrogens is 1. The number of thiazole rings is 1. The number of benzene rings is 1. The summed E-state index contributed by atoms with van der Waals surface area (Å²) in [4.78, 5) is 16.3. The van der Waals surface area contributed by atoms with E-state index in [1.807, 2.05) is 23.7 Å². The first kappa shape index (κ1) is 14.2. The van der Waals surface area contributed by atoms with Crippen molar-refractivity contribution in [2.45, 2.75) is 25.3 Å². The summed E-state index contributed by atoms with van der Waals surface area (Å²) < 4.78 is 1.14. The predicted molar refractivity (Wildman–Crippen MR) is 81.1 cm³/mol. The molecule has 6 heteroatoms. The van der Waals surface area contributed by atoms with E-state index in [-0.39, 0.29) is 24.4 Å². The molecule has 1 unspecified atom stereocenters. The van der Waals surface area contributed by atoms with Gasteiger partial charge in [0.2, 0.25) is 5.91 Å². The van der Waals surface area contributed by atoms with Crippen molar-refractivity contribution in [1.82, 2.24) is 10.3 Å². The number of amides is 1. The molecule has 3 rings (SSSR count). The smallest absolute Gasteiger partial charge is 0.241 e. The van der Waals surface area contributed by atoms with Crippen LogP contribution in [-0.2, 0) is 4.79 Å². The maximum atomic E-state index is 12.1. The van der Waals surface area contributed by atoms with Gasteiger partial charge in [0.15, 0.2) is 0 Å². The molecule has 102 valence electrons. The van der Waals surface area contributed by atoms with Crippen molar-refractivity contribution in [1.29, 1.82) is 0 Å². The quantitative estimate of drug-likeness (QED) is 0.896. The van der Waals surface area contributed by atoms with Gasteiger partial charge in [0.25, 0.3) is 0 Å². The number of halogens is 1. The molecule has 0 radical (unpaired) electrons. The van der Waals surface area contributed by atoms with Gasteiger partial charge in [0.1, 0.15) is 0 Å².